The average Bonchev–Trinajstić information content (AvgIpc) is 2.34. The molecule has 0 aliphatic rings. The molecule has 0 amide bonds. The monoisotopic (exact) mass is 211 g/mol. The molecule has 0 saturated carbocycles. The second-order valence-corrected chi connectivity index (χ2v) is 3.22. The summed E-state index contributed by atoms with van der Waals surface area (Å²) in [5.41, 5.74) is 1.02. The van der Waals surface area contributed by atoms with Gasteiger partial charge in [0, 0.05) is 16.1 Å². The third-order valence-electron chi connectivity index (χ3n) is 1.60. The number of H-pyrrole nitrogens is 1. The van der Waals surface area contributed by atoms with Crippen LogP contribution in [0.3, 0.4) is 0 Å². The van der Waals surface area contributed by atoms with E-state index in [2.05, 4.69) is 20.9 Å². The topological polar surface area (TPSA) is 36.0 Å². The predicted molar refractivity (Wildman–Crippen MR) is 47.7 cm³/mol. The smallest absolute Gasteiger partial charge is 0.117 e. The Labute approximate surface area is 72.0 Å². The van der Waals surface area contributed by atoms with Crippen LogP contribution in [0.25, 0.3) is 10.9 Å². The van der Waals surface area contributed by atoms with Crippen LogP contribution in [0.2, 0.25) is 0 Å². The van der Waals surface area contributed by atoms with Crippen LogP contribution in [0.4, 0.5) is 0 Å². The minimum absolute atomic E-state index is 0.281. The average molecular weight is 212 g/mol. The molecule has 0 unspecified atom stereocenters. The summed E-state index contributed by atoms with van der Waals surface area (Å²) < 4.78 is 0.887. The highest BCUT2D eigenvalue weighted by Gasteiger charge is 2.00. The van der Waals surface area contributed by atoms with Gasteiger partial charge >= 0.3 is 0 Å². The molecule has 0 atom stereocenters. The Kier molecular flexibility index (Phi) is 1.39. The van der Waals surface area contributed by atoms with E-state index in [0.29, 0.717) is 0 Å². The Bertz CT molecular complexity index is 394. The van der Waals surface area contributed by atoms with Gasteiger partial charge < -0.3 is 10.1 Å². The van der Waals surface area contributed by atoms with Crippen LogP contribution < -0.4 is 0 Å². The molecule has 1 aromatic heterocycles. The van der Waals surface area contributed by atoms with E-state index in [1.165, 1.54) is 0 Å². The van der Waals surface area contributed by atoms with Gasteiger partial charge in [-0.1, -0.05) is 0 Å². The van der Waals surface area contributed by atoms with E-state index in [9.17, 15) is 5.11 Å². The first-order valence-electron chi connectivity index (χ1n) is 3.23. The molecule has 3 heteroatoms. The van der Waals surface area contributed by atoms with Gasteiger partial charge in [-0.05, 0) is 34.1 Å². The number of benzene rings is 1. The van der Waals surface area contributed by atoms with E-state index in [4.69, 9.17) is 0 Å². The van der Waals surface area contributed by atoms with Crippen molar-refractivity contribution in [3.05, 3.63) is 28.9 Å². The normalized spacial score (nSPS) is 10.6. The third kappa shape index (κ3) is 1.01. The lowest BCUT2D eigenvalue weighted by molar-refractivity contribution is 0.476. The van der Waals surface area contributed by atoms with E-state index in [1.807, 2.05) is 12.3 Å². The summed E-state index contributed by atoms with van der Waals surface area (Å²) >= 11 is 3.34. The Morgan fingerprint density at radius 3 is 3.00 bits per heavy atom. The molecule has 0 fully saturated rings. The zero-order valence-corrected chi connectivity index (χ0v) is 7.22. The van der Waals surface area contributed by atoms with Gasteiger partial charge in [0.1, 0.15) is 5.75 Å². The SMILES string of the molecule is Oc1cc(Br)c2[nH]ccc2c1. The molecular formula is C8H6BrNO. The van der Waals surface area contributed by atoms with Crippen LogP contribution in [0.5, 0.6) is 5.75 Å². The molecule has 0 bridgehead atoms. The van der Waals surface area contributed by atoms with Crippen molar-refractivity contribution in [1.29, 1.82) is 0 Å². The van der Waals surface area contributed by atoms with Gasteiger partial charge in [-0.15, -0.1) is 0 Å². The first-order chi connectivity index (χ1) is 5.27. The fourth-order valence-corrected chi connectivity index (χ4v) is 1.69. The molecule has 2 nitrogen and oxygen atoms in total. The van der Waals surface area contributed by atoms with Crippen molar-refractivity contribution in [3.63, 3.8) is 0 Å². The number of hydrogen-bond donors (Lipinski definition) is 2. The maximum Gasteiger partial charge on any atom is 0.117 e. The molecule has 0 saturated heterocycles. The van der Waals surface area contributed by atoms with Crippen molar-refractivity contribution in [2.45, 2.75) is 0 Å². The molecule has 1 aromatic carbocycles. The number of rotatable bonds is 0. The van der Waals surface area contributed by atoms with Crippen molar-refractivity contribution < 1.29 is 5.11 Å². The van der Waals surface area contributed by atoms with Crippen molar-refractivity contribution in [2.75, 3.05) is 0 Å². The maximum absolute atomic E-state index is 9.19. The molecule has 0 aliphatic heterocycles. The summed E-state index contributed by atoms with van der Waals surface area (Å²) in [7, 11) is 0. The number of phenolic OH excluding ortho intramolecular Hbond substituents is 1. The van der Waals surface area contributed by atoms with Crippen LogP contribution in [0.15, 0.2) is 28.9 Å². The molecular weight excluding hydrogens is 206 g/mol. The number of aromatic hydroxyl groups is 1. The molecule has 2 N–H and O–H groups in total. The molecule has 56 valence electrons. The summed E-state index contributed by atoms with van der Waals surface area (Å²) in [6.45, 7) is 0. The number of aromatic amines is 1. The Morgan fingerprint density at radius 1 is 1.36 bits per heavy atom. The molecule has 2 rings (SSSR count). The largest absolute Gasteiger partial charge is 0.508 e. The molecule has 0 spiro atoms. The lowest BCUT2D eigenvalue weighted by atomic mass is 10.2. The summed E-state index contributed by atoms with van der Waals surface area (Å²) in [5, 5.41) is 10.2. The quantitative estimate of drug-likeness (QED) is 0.691. The summed E-state index contributed by atoms with van der Waals surface area (Å²) in [6, 6.07) is 5.30. The number of nitrogens with one attached hydrogen (secondary N) is 1. The highest BCUT2D eigenvalue weighted by atomic mass is 79.9. The number of phenols is 1. The van der Waals surface area contributed by atoms with Crippen LogP contribution in [-0.2, 0) is 0 Å². The second-order valence-electron chi connectivity index (χ2n) is 2.37. The number of fused-ring (bicyclic) bond motifs is 1. The van der Waals surface area contributed by atoms with E-state index in [0.717, 1.165) is 15.4 Å². The minimum Gasteiger partial charge on any atom is -0.508 e. The zero-order chi connectivity index (χ0) is 7.84. The van der Waals surface area contributed by atoms with Gasteiger partial charge in [0.15, 0.2) is 0 Å². The van der Waals surface area contributed by atoms with E-state index in [1.54, 1.807) is 12.1 Å². The van der Waals surface area contributed by atoms with Gasteiger partial charge in [0.05, 0.1) is 5.52 Å². The lowest BCUT2D eigenvalue weighted by Gasteiger charge is -1.95. The van der Waals surface area contributed by atoms with Gasteiger partial charge in [-0.2, -0.15) is 0 Å². The standard InChI is InChI=1S/C8H6BrNO/c9-7-4-6(11)3-5-1-2-10-8(5)7/h1-4,10-11H. The van der Waals surface area contributed by atoms with E-state index in [-0.39, 0.29) is 5.75 Å². The highest BCUT2D eigenvalue weighted by Crippen LogP contribution is 2.27. The second kappa shape index (κ2) is 2.27. The fourth-order valence-electron chi connectivity index (χ4n) is 1.11. The Balaban J connectivity index is 2.91. The number of aromatic nitrogens is 1. The van der Waals surface area contributed by atoms with Crippen LogP contribution in [0, 0.1) is 0 Å². The molecule has 0 aliphatic carbocycles. The Morgan fingerprint density at radius 2 is 2.18 bits per heavy atom. The summed E-state index contributed by atoms with van der Waals surface area (Å²) in [5.74, 6) is 0.281. The fraction of sp³-hybridized carbons (Fsp3) is 0. The molecule has 2 aromatic rings. The van der Waals surface area contributed by atoms with Crippen molar-refractivity contribution in [2.24, 2.45) is 0 Å². The summed E-state index contributed by atoms with van der Waals surface area (Å²) in [4.78, 5) is 3.06. The van der Waals surface area contributed by atoms with Gasteiger partial charge in [0.2, 0.25) is 0 Å². The van der Waals surface area contributed by atoms with E-state index >= 15 is 0 Å². The maximum atomic E-state index is 9.19. The van der Waals surface area contributed by atoms with E-state index < -0.39 is 0 Å². The van der Waals surface area contributed by atoms with Crippen molar-refractivity contribution in [3.8, 4) is 5.75 Å². The first-order valence-corrected chi connectivity index (χ1v) is 4.02. The summed E-state index contributed by atoms with van der Waals surface area (Å²) in [6.07, 6.45) is 1.84. The van der Waals surface area contributed by atoms with Gasteiger partial charge in [-0.25, -0.2) is 0 Å². The number of hydrogen-bond acceptors (Lipinski definition) is 1. The first kappa shape index (κ1) is 6.73. The third-order valence-corrected chi connectivity index (χ3v) is 2.22. The van der Waals surface area contributed by atoms with Crippen LogP contribution >= 0.6 is 15.9 Å². The van der Waals surface area contributed by atoms with Crippen LogP contribution in [0.1, 0.15) is 0 Å². The minimum atomic E-state index is 0.281. The predicted octanol–water partition coefficient (Wildman–Crippen LogP) is 2.64. The zero-order valence-electron chi connectivity index (χ0n) is 5.63. The lowest BCUT2D eigenvalue weighted by Crippen LogP contribution is -1.70. The van der Waals surface area contributed by atoms with Crippen LogP contribution in [-0.4, -0.2) is 10.1 Å². The number of halogens is 1. The van der Waals surface area contributed by atoms with Gasteiger partial charge in [0.25, 0.3) is 0 Å². The molecule has 1 heterocycles. The molecule has 0 radical (unpaired) electrons. The highest BCUT2D eigenvalue weighted by molar-refractivity contribution is 9.10. The van der Waals surface area contributed by atoms with Gasteiger partial charge in [-0.3, -0.25) is 0 Å². The van der Waals surface area contributed by atoms with Crippen molar-refractivity contribution >= 4 is 26.8 Å². The Hall–Kier alpha value is -0.960. The van der Waals surface area contributed by atoms with Crippen molar-refractivity contribution in [1.82, 2.24) is 4.98 Å². The molecule has 11 heavy (non-hydrogen) atoms.